The summed E-state index contributed by atoms with van der Waals surface area (Å²) in [7, 11) is 0. The van der Waals surface area contributed by atoms with Crippen LogP contribution in [0.3, 0.4) is 0 Å². The van der Waals surface area contributed by atoms with Crippen LogP contribution in [0.1, 0.15) is 25.7 Å². The molecule has 4 nitrogen and oxygen atoms in total. The smallest absolute Gasteiger partial charge is 0.148 e. The van der Waals surface area contributed by atoms with E-state index in [1.807, 2.05) is 42.5 Å². The van der Waals surface area contributed by atoms with Gasteiger partial charge in [-0.15, -0.1) is 10.2 Å². The molecule has 4 heteroatoms. The Balaban J connectivity index is 1.34. The molecule has 0 spiro atoms. The van der Waals surface area contributed by atoms with Gasteiger partial charge in [-0.2, -0.15) is 0 Å². The topological polar surface area (TPSA) is 41.0 Å². The van der Waals surface area contributed by atoms with Gasteiger partial charge in [-0.3, -0.25) is 4.90 Å². The van der Waals surface area contributed by atoms with E-state index in [2.05, 4.69) is 51.8 Å². The third-order valence-corrected chi connectivity index (χ3v) is 5.54. The van der Waals surface area contributed by atoms with E-state index < -0.39 is 0 Å². The number of allylic oxidation sites excluding steroid dienone is 2. The van der Waals surface area contributed by atoms with Gasteiger partial charge in [-0.25, -0.2) is 0 Å². The molecule has 1 aliphatic heterocycles. The average molecular weight is 389 g/mol. The fourth-order valence-corrected chi connectivity index (χ4v) is 3.82. The summed E-state index contributed by atoms with van der Waals surface area (Å²) < 4.78 is 0. The van der Waals surface area contributed by atoms with Crippen molar-refractivity contribution in [2.45, 2.75) is 25.7 Å². The molecule has 1 aromatic heterocycles. The molecule has 1 saturated heterocycles. The van der Waals surface area contributed by atoms with Gasteiger partial charge in [0.05, 0.1) is 5.69 Å². The Morgan fingerprint density at radius 2 is 1.86 bits per heavy atom. The lowest BCUT2D eigenvalue weighted by Crippen LogP contribution is -2.35. The highest BCUT2D eigenvalue weighted by molar-refractivity contribution is 5.59. The monoisotopic (exact) mass is 388 g/mol. The summed E-state index contributed by atoms with van der Waals surface area (Å²) in [5.74, 6) is 1.68. The van der Waals surface area contributed by atoms with Gasteiger partial charge in [-0.1, -0.05) is 61.7 Å². The van der Waals surface area contributed by atoms with E-state index in [1.165, 1.54) is 44.3 Å². The molecular formula is C25H32N4. The molecule has 0 saturated carbocycles. The Morgan fingerprint density at radius 3 is 2.52 bits per heavy atom. The lowest BCUT2D eigenvalue weighted by Gasteiger charge is -2.32. The first kappa shape index (κ1) is 21.0. The van der Waals surface area contributed by atoms with Crippen LogP contribution in [0.5, 0.6) is 0 Å². The molecule has 0 amide bonds. The summed E-state index contributed by atoms with van der Waals surface area (Å²) in [6.45, 7) is 12.0. The zero-order valence-electron chi connectivity index (χ0n) is 17.3. The second kappa shape index (κ2) is 11.3. The van der Waals surface area contributed by atoms with Gasteiger partial charge in [0.15, 0.2) is 0 Å². The number of aromatic nitrogens is 2. The summed E-state index contributed by atoms with van der Waals surface area (Å²) in [5.41, 5.74) is 3.26. The zero-order chi connectivity index (χ0) is 20.3. The first-order valence-corrected chi connectivity index (χ1v) is 10.6. The SMILES string of the molecule is C=C/C=C(\C=C)CN1CCC(CCCNc2ccc(-c3ccccc3)nn2)CC1. The summed E-state index contributed by atoms with van der Waals surface area (Å²) in [6, 6.07) is 14.2. The fourth-order valence-electron chi connectivity index (χ4n) is 3.82. The molecule has 2 aromatic rings. The van der Waals surface area contributed by atoms with Crippen LogP contribution in [-0.4, -0.2) is 41.3 Å². The van der Waals surface area contributed by atoms with Gasteiger partial charge in [0.1, 0.15) is 5.82 Å². The molecule has 1 fully saturated rings. The van der Waals surface area contributed by atoms with Crippen molar-refractivity contribution in [3.8, 4) is 11.3 Å². The number of nitrogens with zero attached hydrogens (tertiary/aromatic N) is 3. The van der Waals surface area contributed by atoms with Crippen LogP contribution in [0.2, 0.25) is 0 Å². The maximum atomic E-state index is 4.33. The van der Waals surface area contributed by atoms with Gasteiger partial charge < -0.3 is 5.32 Å². The summed E-state index contributed by atoms with van der Waals surface area (Å²) in [5, 5.41) is 12.1. The van der Waals surface area contributed by atoms with Crippen LogP contribution in [-0.2, 0) is 0 Å². The number of hydrogen-bond donors (Lipinski definition) is 1. The van der Waals surface area contributed by atoms with E-state index >= 15 is 0 Å². The van der Waals surface area contributed by atoms with Crippen molar-refractivity contribution >= 4 is 5.82 Å². The van der Waals surface area contributed by atoms with E-state index in [1.54, 1.807) is 0 Å². The molecule has 0 bridgehead atoms. The first-order chi connectivity index (χ1) is 14.3. The van der Waals surface area contributed by atoms with E-state index in [0.717, 1.165) is 36.1 Å². The number of hydrogen-bond acceptors (Lipinski definition) is 4. The molecule has 152 valence electrons. The molecule has 1 aromatic carbocycles. The number of likely N-dealkylation sites (tertiary alicyclic amines) is 1. The second-order valence-corrected chi connectivity index (χ2v) is 7.64. The molecule has 0 atom stereocenters. The molecule has 1 aliphatic rings. The van der Waals surface area contributed by atoms with Crippen molar-refractivity contribution in [3.05, 3.63) is 79.4 Å². The van der Waals surface area contributed by atoms with Crippen LogP contribution in [0.25, 0.3) is 11.3 Å². The molecule has 3 rings (SSSR count). The minimum atomic E-state index is 0.829. The number of piperidine rings is 1. The zero-order valence-corrected chi connectivity index (χ0v) is 17.3. The number of rotatable bonds is 10. The minimum absolute atomic E-state index is 0.829. The molecule has 0 unspecified atom stereocenters. The largest absolute Gasteiger partial charge is 0.369 e. The van der Waals surface area contributed by atoms with Crippen molar-refractivity contribution in [1.82, 2.24) is 15.1 Å². The predicted octanol–water partition coefficient (Wildman–Crippen LogP) is 5.35. The fraction of sp³-hybridized carbons (Fsp3) is 0.360. The minimum Gasteiger partial charge on any atom is -0.369 e. The van der Waals surface area contributed by atoms with Gasteiger partial charge in [0.2, 0.25) is 0 Å². The highest BCUT2D eigenvalue weighted by Gasteiger charge is 2.18. The van der Waals surface area contributed by atoms with E-state index in [-0.39, 0.29) is 0 Å². The van der Waals surface area contributed by atoms with E-state index in [4.69, 9.17) is 0 Å². The van der Waals surface area contributed by atoms with Crippen LogP contribution in [0.15, 0.2) is 79.4 Å². The summed E-state index contributed by atoms with van der Waals surface area (Å²) in [6.07, 6.45) is 10.8. The standard InChI is InChI=1S/C25H32N4/c1-3-9-21(4-2)20-29-18-15-22(16-19-29)10-8-17-26-25-14-13-24(27-28-25)23-11-6-5-7-12-23/h3-7,9,11-14,22H,1-2,8,10,15-20H2,(H,26,28)/b21-9+. The first-order valence-electron chi connectivity index (χ1n) is 10.6. The molecule has 0 radical (unpaired) electrons. The third-order valence-electron chi connectivity index (χ3n) is 5.54. The number of nitrogens with one attached hydrogen (secondary N) is 1. The maximum absolute atomic E-state index is 4.33. The van der Waals surface area contributed by atoms with Crippen LogP contribution < -0.4 is 5.32 Å². The Bertz CT molecular complexity index is 787. The van der Waals surface area contributed by atoms with Crippen molar-refractivity contribution in [3.63, 3.8) is 0 Å². The summed E-state index contributed by atoms with van der Waals surface area (Å²) in [4.78, 5) is 2.52. The average Bonchev–Trinajstić information content (AvgIpc) is 2.78. The van der Waals surface area contributed by atoms with Gasteiger partial charge in [0, 0.05) is 18.7 Å². The Kier molecular flexibility index (Phi) is 8.20. The van der Waals surface area contributed by atoms with Crippen molar-refractivity contribution in [1.29, 1.82) is 0 Å². The maximum Gasteiger partial charge on any atom is 0.148 e. The van der Waals surface area contributed by atoms with Crippen LogP contribution >= 0.6 is 0 Å². The van der Waals surface area contributed by atoms with Gasteiger partial charge in [0.25, 0.3) is 0 Å². The molecule has 29 heavy (non-hydrogen) atoms. The van der Waals surface area contributed by atoms with Crippen LogP contribution in [0.4, 0.5) is 5.82 Å². The lowest BCUT2D eigenvalue weighted by molar-refractivity contribution is 0.191. The molecule has 2 heterocycles. The van der Waals surface area contributed by atoms with Crippen molar-refractivity contribution in [2.75, 3.05) is 31.5 Å². The number of benzene rings is 1. The second-order valence-electron chi connectivity index (χ2n) is 7.64. The van der Waals surface area contributed by atoms with E-state index in [0.29, 0.717) is 0 Å². The van der Waals surface area contributed by atoms with Crippen molar-refractivity contribution < 1.29 is 0 Å². The number of anilines is 1. The van der Waals surface area contributed by atoms with E-state index in [9.17, 15) is 0 Å². The van der Waals surface area contributed by atoms with Crippen LogP contribution in [0, 0.1) is 5.92 Å². The normalized spacial score (nSPS) is 15.8. The molecule has 1 N–H and O–H groups in total. The van der Waals surface area contributed by atoms with Gasteiger partial charge in [-0.05, 0) is 62.4 Å². The third kappa shape index (κ3) is 6.68. The summed E-state index contributed by atoms with van der Waals surface area (Å²) >= 11 is 0. The van der Waals surface area contributed by atoms with Gasteiger partial charge >= 0.3 is 0 Å². The highest BCUT2D eigenvalue weighted by Crippen LogP contribution is 2.23. The lowest BCUT2D eigenvalue weighted by atomic mass is 9.92. The van der Waals surface area contributed by atoms with Crippen molar-refractivity contribution in [2.24, 2.45) is 5.92 Å². The highest BCUT2D eigenvalue weighted by atomic mass is 15.2. The Labute approximate surface area is 175 Å². The predicted molar refractivity (Wildman–Crippen MR) is 123 cm³/mol. The quantitative estimate of drug-likeness (QED) is 0.440. The Morgan fingerprint density at radius 1 is 1.07 bits per heavy atom. The Hall–Kier alpha value is -2.72. The molecule has 0 aliphatic carbocycles. The molecular weight excluding hydrogens is 356 g/mol.